The van der Waals surface area contributed by atoms with Crippen LogP contribution in [0.1, 0.15) is 6.42 Å². The quantitative estimate of drug-likeness (QED) is 0.636. The van der Waals surface area contributed by atoms with E-state index in [4.69, 9.17) is 11.6 Å². The summed E-state index contributed by atoms with van der Waals surface area (Å²) in [5.41, 5.74) is 0. The minimum absolute atomic E-state index is 0.592. The maximum absolute atomic E-state index is 5.63. The van der Waals surface area contributed by atoms with Crippen LogP contribution in [0, 0.1) is 0 Å². The molecule has 0 amide bonds. The van der Waals surface area contributed by atoms with Gasteiger partial charge >= 0.3 is 0 Å². The van der Waals surface area contributed by atoms with Crippen molar-refractivity contribution in [3.8, 4) is 0 Å². The van der Waals surface area contributed by atoms with Gasteiger partial charge in [-0.2, -0.15) is 0 Å². The number of rotatable bonds is 1. The van der Waals surface area contributed by atoms with Crippen molar-refractivity contribution in [1.82, 2.24) is 9.97 Å². The van der Waals surface area contributed by atoms with E-state index in [1.807, 2.05) is 0 Å². The van der Waals surface area contributed by atoms with Crippen molar-refractivity contribution in [2.45, 2.75) is 6.42 Å². The van der Waals surface area contributed by atoms with Crippen molar-refractivity contribution in [2.75, 3.05) is 18.0 Å². The Morgan fingerprint density at radius 1 is 1.27 bits per heavy atom. The summed E-state index contributed by atoms with van der Waals surface area (Å²) in [5, 5.41) is 0.592. The van der Waals surface area contributed by atoms with E-state index in [1.165, 1.54) is 6.42 Å². The molecule has 2 heterocycles. The van der Waals surface area contributed by atoms with Gasteiger partial charge in [-0.05, 0) is 6.42 Å². The second-order valence-corrected chi connectivity index (χ2v) is 2.98. The maximum Gasteiger partial charge on any atom is 0.225 e. The van der Waals surface area contributed by atoms with Crippen LogP contribution in [0.3, 0.4) is 0 Å². The Hall–Kier alpha value is -0.830. The highest BCUT2D eigenvalue weighted by atomic mass is 35.5. The molecule has 0 radical (unpaired) electrons. The Kier molecular flexibility index (Phi) is 1.66. The van der Waals surface area contributed by atoms with Crippen LogP contribution in [0.15, 0.2) is 12.4 Å². The van der Waals surface area contributed by atoms with Crippen LogP contribution in [0.25, 0.3) is 0 Å². The monoisotopic (exact) mass is 169 g/mol. The van der Waals surface area contributed by atoms with Gasteiger partial charge in [-0.3, -0.25) is 0 Å². The van der Waals surface area contributed by atoms with E-state index in [0.29, 0.717) is 5.02 Å². The van der Waals surface area contributed by atoms with Gasteiger partial charge in [0.05, 0.1) is 17.4 Å². The molecule has 2 rings (SSSR count). The molecule has 3 nitrogen and oxygen atoms in total. The lowest BCUT2D eigenvalue weighted by Gasteiger charge is -2.30. The summed E-state index contributed by atoms with van der Waals surface area (Å²) in [6, 6.07) is 0. The standard InChI is InChI=1S/C7H8ClN3/c8-6-4-9-7(10-5-6)11-2-1-3-11/h4-5H,1-3H2. The number of aromatic nitrogens is 2. The second-order valence-electron chi connectivity index (χ2n) is 2.54. The van der Waals surface area contributed by atoms with Gasteiger partial charge in [0, 0.05) is 13.1 Å². The van der Waals surface area contributed by atoms with Gasteiger partial charge in [-0.15, -0.1) is 0 Å². The summed E-state index contributed by atoms with van der Waals surface area (Å²) >= 11 is 5.63. The van der Waals surface area contributed by atoms with Crippen LogP contribution >= 0.6 is 11.6 Å². The van der Waals surface area contributed by atoms with Crippen molar-refractivity contribution in [3.05, 3.63) is 17.4 Å². The molecular weight excluding hydrogens is 162 g/mol. The minimum atomic E-state index is 0.592. The van der Waals surface area contributed by atoms with Crippen molar-refractivity contribution in [1.29, 1.82) is 0 Å². The summed E-state index contributed by atoms with van der Waals surface area (Å²) in [7, 11) is 0. The largest absolute Gasteiger partial charge is 0.341 e. The van der Waals surface area contributed by atoms with Crippen LogP contribution in [0.2, 0.25) is 5.02 Å². The molecule has 0 atom stereocenters. The van der Waals surface area contributed by atoms with E-state index in [-0.39, 0.29) is 0 Å². The first-order valence-electron chi connectivity index (χ1n) is 3.59. The van der Waals surface area contributed by atoms with Crippen molar-refractivity contribution in [2.24, 2.45) is 0 Å². The highest BCUT2D eigenvalue weighted by Crippen LogP contribution is 2.15. The highest BCUT2D eigenvalue weighted by molar-refractivity contribution is 6.30. The molecule has 1 aliphatic rings. The minimum Gasteiger partial charge on any atom is -0.341 e. The van der Waals surface area contributed by atoms with Crippen LogP contribution in [-0.2, 0) is 0 Å². The average molecular weight is 170 g/mol. The van der Waals surface area contributed by atoms with E-state index in [0.717, 1.165) is 19.0 Å². The first-order chi connectivity index (χ1) is 5.36. The number of anilines is 1. The van der Waals surface area contributed by atoms with Gasteiger partial charge in [0.25, 0.3) is 0 Å². The molecule has 1 saturated heterocycles. The van der Waals surface area contributed by atoms with Crippen molar-refractivity contribution < 1.29 is 0 Å². The molecule has 1 aromatic rings. The third-order valence-electron chi connectivity index (χ3n) is 1.75. The predicted molar refractivity (Wildman–Crippen MR) is 43.9 cm³/mol. The van der Waals surface area contributed by atoms with Crippen molar-refractivity contribution in [3.63, 3.8) is 0 Å². The van der Waals surface area contributed by atoms with Gasteiger partial charge in [0.2, 0.25) is 5.95 Å². The van der Waals surface area contributed by atoms with Crippen LogP contribution in [0.4, 0.5) is 5.95 Å². The van der Waals surface area contributed by atoms with Crippen LogP contribution in [0.5, 0.6) is 0 Å². The molecule has 0 aromatic carbocycles. The fourth-order valence-corrected chi connectivity index (χ4v) is 1.08. The lowest BCUT2D eigenvalue weighted by Crippen LogP contribution is -2.38. The highest BCUT2D eigenvalue weighted by Gasteiger charge is 2.15. The lowest BCUT2D eigenvalue weighted by molar-refractivity contribution is 0.600. The number of halogens is 1. The van der Waals surface area contributed by atoms with Crippen molar-refractivity contribution >= 4 is 17.5 Å². The summed E-state index contributed by atoms with van der Waals surface area (Å²) < 4.78 is 0. The molecule has 58 valence electrons. The van der Waals surface area contributed by atoms with E-state index in [9.17, 15) is 0 Å². The number of nitrogens with zero attached hydrogens (tertiary/aromatic N) is 3. The fourth-order valence-electron chi connectivity index (χ4n) is 0.985. The number of hydrogen-bond acceptors (Lipinski definition) is 3. The lowest BCUT2D eigenvalue weighted by atomic mass is 10.2. The van der Waals surface area contributed by atoms with Gasteiger partial charge in [0.1, 0.15) is 0 Å². The zero-order valence-corrected chi connectivity index (χ0v) is 6.75. The van der Waals surface area contributed by atoms with Crippen LogP contribution in [-0.4, -0.2) is 23.1 Å². The summed E-state index contributed by atoms with van der Waals surface area (Å²) in [4.78, 5) is 10.3. The predicted octanol–water partition coefficient (Wildman–Crippen LogP) is 1.34. The van der Waals surface area contributed by atoms with E-state index in [1.54, 1.807) is 12.4 Å². The zero-order valence-electron chi connectivity index (χ0n) is 6.00. The molecule has 0 N–H and O–H groups in total. The van der Waals surface area contributed by atoms with E-state index >= 15 is 0 Å². The Labute approximate surface area is 70.0 Å². The van der Waals surface area contributed by atoms with Gasteiger partial charge in [-0.25, -0.2) is 9.97 Å². The Morgan fingerprint density at radius 3 is 2.36 bits per heavy atom. The second kappa shape index (κ2) is 2.66. The number of hydrogen-bond donors (Lipinski definition) is 0. The van der Waals surface area contributed by atoms with Gasteiger partial charge < -0.3 is 4.90 Å². The normalized spacial score (nSPS) is 16.3. The average Bonchev–Trinajstić information content (AvgIpc) is 1.90. The summed E-state index contributed by atoms with van der Waals surface area (Å²) in [5.74, 6) is 0.792. The van der Waals surface area contributed by atoms with Crippen LogP contribution < -0.4 is 4.90 Å². The molecule has 1 fully saturated rings. The molecule has 1 aromatic heterocycles. The zero-order chi connectivity index (χ0) is 7.68. The Balaban J connectivity index is 2.18. The molecular formula is C7H8ClN3. The Bertz CT molecular complexity index is 242. The third-order valence-corrected chi connectivity index (χ3v) is 1.94. The SMILES string of the molecule is Clc1cnc(N2CCC2)nc1. The fraction of sp³-hybridized carbons (Fsp3) is 0.429. The third kappa shape index (κ3) is 1.28. The molecule has 1 aliphatic heterocycles. The summed E-state index contributed by atoms with van der Waals surface area (Å²) in [6.45, 7) is 2.14. The Morgan fingerprint density at radius 2 is 1.91 bits per heavy atom. The van der Waals surface area contributed by atoms with E-state index in [2.05, 4.69) is 14.9 Å². The molecule has 0 unspecified atom stereocenters. The first-order valence-corrected chi connectivity index (χ1v) is 3.96. The first kappa shape index (κ1) is 6.85. The molecule has 0 spiro atoms. The molecule has 0 bridgehead atoms. The topological polar surface area (TPSA) is 29.0 Å². The van der Waals surface area contributed by atoms with E-state index < -0.39 is 0 Å². The smallest absolute Gasteiger partial charge is 0.225 e. The van der Waals surface area contributed by atoms with Gasteiger partial charge in [0.15, 0.2) is 0 Å². The maximum atomic E-state index is 5.63. The molecule has 0 aliphatic carbocycles. The van der Waals surface area contributed by atoms with Gasteiger partial charge in [-0.1, -0.05) is 11.6 Å². The molecule has 0 saturated carbocycles. The molecule has 11 heavy (non-hydrogen) atoms. The molecule has 4 heteroatoms. The summed E-state index contributed by atoms with van der Waals surface area (Å²) in [6.07, 6.45) is 4.50.